The van der Waals surface area contributed by atoms with Crippen LogP contribution in [0.1, 0.15) is 0 Å². The van der Waals surface area contributed by atoms with Gasteiger partial charge in [-0.1, -0.05) is 0 Å². The van der Waals surface area contributed by atoms with Gasteiger partial charge in [-0.2, -0.15) is 0 Å². The van der Waals surface area contributed by atoms with Crippen molar-refractivity contribution in [1.29, 1.82) is 0 Å². The molecule has 0 spiro atoms. The zero-order chi connectivity index (χ0) is 3.58. The molecule has 0 fully saturated rings. The van der Waals surface area contributed by atoms with E-state index in [4.69, 9.17) is 0 Å². The Morgan fingerprint density at radius 1 is 1.50 bits per heavy atom. The number of rotatable bonds is 0. The minimum Gasteiger partial charge on any atom is -0.258 e. The molecule has 0 amide bonds. The first-order valence-corrected chi connectivity index (χ1v) is 3.63. The van der Waals surface area contributed by atoms with Gasteiger partial charge in [-0.25, -0.2) is 0 Å². The van der Waals surface area contributed by atoms with Gasteiger partial charge in [0, 0.05) is 0 Å². The van der Waals surface area contributed by atoms with Crippen LogP contribution in [0.5, 0.6) is 0 Å². The van der Waals surface area contributed by atoms with E-state index in [-0.39, 0.29) is 10.9 Å². The van der Waals surface area contributed by atoms with Gasteiger partial charge in [-0.05, 0) is 18.8 Å². The SMILES string of the molecule is [CH2][SH](C)C. The Kier molecular flexibility index (Phi) is 1.79. The minimum atomic E-state index is 0.130. The molecule has 1 heteroatoms. The van der Waals surface area contributed by atoms with Crippen molar-refractivity contribution >= 4 is 10.9 Å². The minimum absolute atomic E-state index is 0.130. The van der Waals surface area contributed by atoms with Gasteiger partial charge in [0.15, 0.2) is 0 Å². The highest BCUT2D eigenvalue weighted by atomic mass is 32.2. The highest BCUT2D eigenvalue weighted by molar-refractivity contribution is 8.16. The van der Waals surface area contributed by atoms with Crippen LogP contribution in [0.15, 0.2) is 0 Å². The predicted molar refractivity (Wildman–Crippen MR) is 26.2 cm³/mol. The first-order valence-electron chi connectivity index (χ1n) is 1.21. The Labute approximate surface area is 30.6 Å². The molecular weight excluding hydrogens is 68.1 g/mol. The quantitative estimate of drug-likeness (QED) is 0.410. The Hall–Kier alpha value is 0.350. The number of hydrogen-bond donors (Lipinski definition) is 1. The van der Waals surface area contributed by atoms with Crippen molar-refractivity contribution in [3.05, 3.63) is 6.26 Å². The van der Waals surface area contributed by atoms with E-state index in [9.17, 15) is 0 Å². The van der Waals surface area contributed by atoms with Crippen molar-refractivity contribution in [3.63, 3.8) is 0 Å². The van der Waals surface area contributed by atoms with Crippen LogP contribution in [-0.2, 0) is 0 Å². The lowest BCUT2D eigenvalue weighted by Gasteiger charge is -1.88. The van der Waals surface area contributed by atoms with Crippen LogP contribution < -0.4 is 0 Å². The fourth-order valence-electron chi connectivity index (χ4n) is 0. The Bertz CT molecular complexity index is 8.00. The molecule has 0 aromatic carbocycles. The maximum Gasteiger partial charge on any atom is -0.0183 e. The smallest absolute Gasteiger partial charge is 0.0183 e. The molecule has 0 aliphatic carbocycles. The summed E-state index contributed by atoms with van der Waals surface area (Å²) < 4.78 is 0. The van der Waals surface area contributed by atoms with Gasteiger partial charge in [-0.15, -0.1) is 0 Å². The summed E-state index contributed by atoms with van der Waals surface area (Å²) >= 11 is 0. The van der Waals surface area contributed by atoms with E-state index in [1.54, 1.807) is 0 Å². The van der Waals surface area contributed by atoms with Crippen LogP contribution in [0.25, 0.3) is 0 Å². The van der Waals surface area contributed by atoms with Gasteiger partial charge >= 0.3 is 0 Å². The highest BCUT2D eigenvalue weighted by Crippen LogP contribution is 2.05. The maximum atomic E-state index is 3.70. The third-order valence-corrected chi connectivity index (χ3v) is 0. The van der Waals surface area contributed by atoms with E-state index in [0.717, 1.165) is 0 Å². The molecule has 0 unspecified atom stereocenters. The van der Waals surface area contributed by atoms with Gasteiger partial charge < -0.3 is 0 Å². The van der Waals surface area contributed by atoms with E-state index in [1.165, 1.54) is 0 Å². The van der Waals surface area contributed by atoms with Crippen LogP contribution >= 0.6 is 10.9 Å². The average molecular weight is 77.2 g/mol. The van der Waals surface area contributed by atoms with Crippen LogP contribution in [0.3, 0.4) is 0 Å². The van der Waals surface area contributed by atoms with Gasteiger partial charge in [-0.3, -0.25) is 10.9 Å². The van der Waals surface area contributed by atoms with Gasteiger partial charge in [0.25, 0.3) is 0 Å². The summed E-state index contributed by atoms with van der Waals surface area (Å²) in [5, 5.41) is 0. The maximum absolute atomic E-state index is 3.70. The molecular formula is C3H9S. The molecule has 4 heavy (non-hydrogen) atoms. The zero-order valence-corrected chi connectivity index (χ0v) is 4.05. The summed E-state index contributed by atoms with van der Waals surface area (Å²) in [4.78, 5) is 0. The lowest BCUT2D eigenvalue weighted by Crippen LogP contribution is -1.51. The summed E-state index contributed by atoms with van der Waals surface area (Å²) in [5.41, 5.74) is 0. The third kappa shape index (κ3) is 35.0. The van der Waals surface area contributed by atoms with Gasteiger partial charge in [0.2, 0.25) is 0 Å². The van der Waals surface area contributed by atoms with Crippen molar-refractivity contribution in [3.8, 4) is 0 Å². The fraction of sp³-hybridized carbons (Fsp3) is 0.667. The standard InChI is InChI=1S/C3H9S/c1-4(2)3/h4H,1H2,2-3H3. The van der Waals surface area contributed by atoms with Crippen molar-refractivity contribution in [2.24, 2.45) is 0 Å². The molecule has 0 aromatic heterocycles. The van der Waals surface area contributed by atoms with E-state index >= 15 is 0 Å². The Morgan fingerprint density at radius 3 is 1.50 bits per heavy atom. The van der Waals surface area contributed by atoms with Crippen LogP contribution in [-0.4, -0.2) is 12.5 Å². The van der Waals surface area contributed by atoms with Crippen LogP contribution in [0, 0.1) is 6.26 Å². The lowest BCUT2D eigenvalue weighted by molar-refractivity contribution is 2.29. The van der Waals surface area contributed by atoms with Gasteiger partial charge in [0.1, 0.15) is 0 Å². The third-order valence-electron chi connectivity index (χ3n) is 0. The average Bonchev–Trinajstić information content (AvgIpc) is 0.811. The molecule has 0 aliphatic heterocycles. The summed E-state index contributed by atoms with van der Waals surface area (Å²) in [6.07, 6.45) is 7.94. The topological polar surface area (TPSA) is 0 Å². The zero-order valence-electron chi connectivity index (χ0n) is 3.15. The van der Waals surface area contributed by atoms with Crippen molar-refractivity contribution < 1.29 is 0 Å². The predicted octanol–water partition coefficient (Wildman–Crippen LogP) is 1.04. The molecule has 1 radical (unpaired) electrons. The first kappa shape index (κ1) is 4.35. The molecule has 0 nitrogen and oxygen atoms in total. The second kappa shape index (κ2) is 1.65. The molecule has 0 heterocycles. The Balaban J connectivity index is 2.32. The number of thiol groups is 1. The molecule has 0 bridgehead atoms. The molecule has 0 aliphatic rings. The summed E-state index contributed by atoms with van der Waals surface area (Å²) in [6, 6.07) is 0. The summed E-state index contributed by atoms with van der Waals surface area (Å²) in [7, 11) is 0.130. The normalized spacial score (nSPS) is 11.2. The second-order valence-electron chi connectivity index (χ2n) is 1.08. The molecule has 0 rings (SSSR count). The molecule has 0 aromatic rings. The fourth-order valence-corrected chi connectivity index (χ4v) is 0. The van der Waals surface area contributed by atoms with E-state index in [1.807, 2.05) is 0 Å². The summed E-state index contributed by atoms with van der Waals surface area (Å²) in [5.74, 6) is 0. The monoisotopic (exact) mass is 77.0 g/mol. The largest absolute Gasteiger partial charge is 0.258 e. The van der Waals surface area contributed by atoms with Crippen molar-refractivity contribution in [2.45, 2.75) is 0 Å². The van der Waals surface area contributed by atoms with Crippen LogP contribution in [0.4, 0.5) is 0 Å². The number of hydrogen-bond acceptors (Lipinski definition) is 0. The van der Waals surface area contributed by atoms with E-state index in [0.29, 0.717) is 0 Å². The van der Waals surface area contributed by atoms with Crippen LogP contribution in [0.2, 0.25) is 0 Å². The Morgan fingerprint density at radius 2 is 1.50 bits per heavy atom. The molecule has 0 atom stereocenters. The molecule has 0 N–H and O–H groups in total. The first-order chi connectivity index (χ1) is 1.73. The highest BCUT2D eigenvalue weighted by Gasteiger charge is 1.59. The van der Waals surface area contributed by atoms with Crippen molar-refractivity contribution in [1.82, 2.24) is 0 Å². The lowest BCUT2D eigenvalue weighted by atomic mass is 11.9. The molecule has 0 saturated heterocycles. The molecule has 0 saturated carbocycles. The second-order valence-corrected chi connectivity index (χ2v) is 3.24. The molecule has 27 valence electrons. The summed E-state index contributed by atoms with van der Waals surface area (Å²) in [6.45, 7) is 0. The van der Waals surface area contributed by atoms with Gasteiger partial charge in [0.05, 0.1) is 0 Å². The van der Waals surface area contributed by atoms with Crippen molar-refractivity contribution in [2.75, 3.05) is 12.5 Å². The van der Waals surface area contributed by atoms with E-state index < -0.39 is 0 Å². The van der Waals surface area contributed by atoms with E-state index in [2.05, 4.69) is 18.8 Å².